The Morgan fingerprint density at radius 3 is 2.81 bits per heavy atom. The number of hydrogen-bond acceptors (Lipinski definition) is 7. The molecule has 6 nitrogen and oxygen atoms in total. The fourth-order valence-corrected chi connectivity index (χ4v) is 6.32. The van der Waals surface area contributed by atoms with Gasteiger partial charge in [-0.3, -0.25) is 9.47 Å². The molecule has 2 fully saturated rings. The minimum Gasteiger partial charge on any atom is -0.497 e. The molecular weight excluding hydrogens is 440 g/mol. The summed E-state index contributed by atoms with van der Waals surface area (Å²) in [5, 5.41) is 12.5. The summed E-state index contributed by atoms with van der Waals surface area (Å²) in [6.07, 6.45) is 4.81. The van der Waals surface area contributed by atoms with Crippen molar-refractivity contribution in [2.45, 2.75) is 49.4 Å². The lowest BCUT2D eigenvalue weighted by molar-refractivity contribution is 0.129. The van der Waals surface area contributed by atoms with Crippen molar-refractivity contribution in [2.75, 3.05) is 32.6 Å². The second kappa shape index (κ2) is 10.4. The van der Waals surface area contributed by atoms with Crippen LogP contribution in [0.25, 0.3) is 5.69 Å². The third-order valence-electron chi connectivity index (χ3n) is 6.30. The molecule has 1 unspecified atom stereocenters. The summed E-state index contributed by atoms with van der Waals surface area (Å²) in [7, 11) is 1.71. The van der Waals surface area contributed by atoms with E-state index in [9.17, 15) is 0 Å². The molecule has 0 amide bonds. The van der Waals surface area contributed by atoms with E-state index < -0.39 is 0 Å². The van der Waals surface area contributed by atoms with Gasteiger partial charge in [0, 0.05) is 35.8 Å². The summed E-state index contributed by atoms with van der Waals surface area (Å²) in [5.74, 6) is 3.25. The topological polar surface area (TPSA) is 52.4 Å². The molecule has 0 N–H and O–H groups in total. The second-order valence-corrected chi connectivity index (χ2v) is 10.5. The molecule has 2 aliphatic heterocycles. The minimum absolute atomic E-state index is 0.319. The summed E-state index contributed by atoms with van der Waals surface area (Å²) >= 11 is 3.60. The van der Waals surface area contributed by atoms with Crippen LogP contribution in [0, 0.1) is 0 Å². The van der Waals surface area contributed by atoms with E-state index in [2.05, 4.69) is 44.2 Å². The monoisotopic (exact) mass is 470 g/mol. The Morgan fingerprint density at radius 2 is 2.06 bits per heavy atom. The van der Waals surface area contributed by atoms with Gasteiger partial charge in [0.15, 0.2) is 5.16 Å². The van der Waals surface area contributed by atoms with E-state index in [-0.39, 0.29) is 0 Å². The molecule has 170 valence electrons. The van der Waals surface area contributed by atoms with Gasteiger partial charge in [-0.05, 0) is 62.4 Å². The van der Waals surface area contributed by atoms with Crippen LogP contribution in [0.1, 0.15) is 42.3 Å². The van der Waals surface area contributed by atoms with Crippen LogP contribution in [-0.2, 0) is 11.3 Å². The van der Waals surface area contributed by atoms with Crippen LogP contribution < -0.4 is 4.74 Å². The lowest BCUT2D eigenvalue weighted by Gasteiger charge is -2.31. The Balaban J connectivity index is 1.35. The molecule has 1 atom stereocenters. The second-order valence-electron chi connectivity index (χ2n) is 8.45. The average molecular weight is 471 g/mol. The summed E-state index contributed by atoms with van der Waals surface area (Å²) in [6, 6.07) is 12.6. The number of methoxy groups -OCH3 is 1. The van der Waals surface area contributed by atoms with Gasteiger partial charge in [0.1, 0.15) is 11.6 Å². The van der Waals surface area contributed by atoms with Gasteiger partial charge in [-0.2, -0.15) is 0 Å². The van der Waals surface area contributed by atoms with Crippen molar-refractivity contribution in [3.63, 3.8) is 0 Å². The maximum Gasteiger partial charge on any atom is 0.195 e. The fraction of sp³-hybridized carbons (Fsp3) is 0.500. The molecule has 0 saturated carbocycles. The van der Waals surface area contributed by atoms with Crippen molar-refractivity contribution in [1.82, 2.24) is 19.7 Å². The highest BCUT2D eigenvalue weighted by atomic mass is 32.2. The first-order valence-corrected chi connectivity index (χ1v) is 13.3. The number of rotatable bonds is 8. The molecule has 2 aliphatic rings. The standard InChI is InChI=1S/C24H30N4O2S2/c1-29-20-6-2-5-19(15-20)28-23(25-26-24(28)32-17-21-7-3-13-30-21)18-9-11-27(12-10-18)16-22-8-4-14-31-22/h2,4-6,8,14-15,18,21H,3,7,9-13,16-17H2,1H3. The molecule has 5 rings (SSSR count). The van der Waals surface area contributed by atoms with Gasteiger partial charge >= 0.3 is 0 Å². The fourth-order valence-electron chi connectivity index (χ4n) is 4.55. The first-order valence-electron chi connectivity index (χ1n) is 11.4. The zero-order valence-corrected chi connectivity index (χ0v) is 20.1. The highest BCUT2D eigenvalue weighted by Crippen LogP contribution is 2.34. The first kappa shape index (κ1) is 21.9. The number of thioether (sulfide) groups is 1. The zero-order valence-electron chi connectivity index (χ0n) is 18.5. The first-order chi connectivity index (χ1) is 15.8. The summed E-state index contributed by atoms with van der Waals surface area (Å²) in [5.41, 5.74) is 1.07. The number of likely N-dealkylation sites (tertiary alicyclic amines) is 1. The normalized spacial score (nSPS) is 20.1. The molecule has 0 spiro atoms. The Kier molecular flexibility index (Phi) is 7.12. The van der Waals surface area contributed by atoms with Gasteiger partial charge in [0.25, 0.3) is 0 Å². The summed E-state index contributed by atoms with van der Waals surface area (Å²) < 4.78 is 13.6. The Morgan fingerprint density at radius 1 is 1.16 bits per heavy atom. The van der Waals surface area contributed by atoms with Crippen LogP contribution in [0.2, 0.25) is 0 Å². The Labute approximate surface area is 197 Å². The smallest absolute Gasteiger partial charge is 0.195 e. The molecule has 8 heteroatoms. The van der Waals surface area contributed by atoms with Gasteiger partial charge in [0.05, 0.1) is 18.9 Å². The van der Waals surface area contributed by atoms with E-state index in [0.717, 1.165) is 80.1 Å². The van der Waals surface area contributed by atoms with Gasteiger partial charge in [-0.1, -0.05) is 23.9 Å². The molecule has 0 bridgehead atoms. The van der Waals surface area contributed by atoms with Crippen LogP contribution >= 0.6 is 23.1 Å². The number of nitrogens with zero attached hydrogens (tertiary/aromatic N) is 4. The van der Waals surface area contributed by atoms with Gasteiger partial charge in [0.2, 0.25) is 0 Å². The van der Waals surface area contributed by atoms with Crippen molar-refractivity contribution < 1.29 is 9.47 Å². The summed E-state index contributed by atoms with van der Waals surface area (Å²) in [4.78, 5) is 4.00. The van der Waals surface area contributed by atoms with E-state index in [1.165, 1.54) is 4.88 Å². The molecule has 32 heavy (non-hydrogen) atoms. The number of hydrogen-bond donors (Lipinski definition) is 0. The van der Waals surface area contributed by atoms with Crippen LogP contribution in [0.5, 0.6) is 5.75 Å². The molecule has 3 aromatic rings. The number of ether oxygens (including phenoxy) is 2. The predicted molar refractivity (Wildman–Crippen MR) is 129 cm³/mol. The molecule has 2 aromatic heterocycles. The maximum absolute atomic E-state index is 5.83. The number of aromatic nitrogens is 3. The molecule has 4 heterocycles. The molecular formula is C24H30N4O2S2. The van der Waals surface area contributed by atoms with Crippen molar-refractivity contribution in [1.29, 1.82) is 0 Å². The number of thiophene rings is 1. The van der Waals surface area contributed by atoms with Gasteiger partial charge in [-0.25, -0.2) is 0 Å². The van der Waals surface area contributed by atoms with Crippen LogP contribution in [0.3, 0.4) is 0 Å². The lowest BCUT2D eigenvalue weighted by atomic mass is 9.95. The van der Waals surface area contributed by atoms with Crippen molar-refractivity contribution in [3.05, 3.63) is 52.5 Å². The Bertz CT molecular complexity index is 993. The third kappa shape index (κ3) is 5.03. The van der Waals surface area contributed by atoms with Crippen LogP contribution in [-0.4, -0.2) is 58.3 Å². The molecule has 0 radical (unpaired) electrons. The predicted octanol–water partition coefficient (Wildman–Crippen LogP) is 4.99. The van der Waals surface area contributed by atoms with Crippen molar-refractivity contribution >= 4 is 23.1 Å². The van der Waals surface area contributed by atoms with Crippen LogP contribution in [0.15, 0.2) is 46.9 Å². The van der Waals surface area contributed by atoms with E-state index in [4.69, 9.17) is 14.6 Å². The van der Waals surface area contributed by atoms with Crippen LogP contribution in [0.4, 0.5) is 0 Å². The van der Waals surface area contributed by atoms with E-state index in [1.54, 1.807) is 18.9 Å². The highest BCUT2D eigenvalue weighted by Gasteiger charge is 2.28. The SMILES string of the molecule is COc1cccc(-n2c(SCC3CCCO3)nnc2C2CCN(Cc3cccs3)CC2)c1. The van der Waals surface area contributed by atoms with Gasteiger partial charge in [-0.15, -0.1) is 21.5 Å². The largest absolute Gasteiger partial charge is 0.497 e. The number of piperidine rings is 1. The maximum atomic E-state index is 5.83. The minimum atomic E-state index is 0.319. The summed E-state index contributed by atoms with van der Waals surface area (Å²) in [6.45, 7) is 4.11. The van der Waals surface area contributed by atoms with Crippen molar-refractivity contribution in [2.24, 2.45) is 0 Å². The highest BCUT2D eigenvalue weighted by molar-refractivity contribution is 7.99. The zero-order chi connectivity index (χ0) is 21.8. The van der Waals surface area contributed by atoms with Crippen molar-refractivity contribution in [3.8, 4) is 11.4 Å². The van der Waals surface area contributed by atoms with Gasteiger partial charge < -0.3 is 9.47 Å². The van der Waals surface area contributed by atoms with E-state index in [0.29, 0.717) is 12.0 Å². The quantitative estimate of drug-likeness (QED) is 0.433. The molecule has 0 aliphatic carbocycles. The van der Waals surface area contributed by atoms with E-state index >= 15 is 0 Å². The lowest BCUT2D eigenvalue weighted by Crippen LogP contribution is -2.33. The third-order valence-corrected chi connectivity index (χ3v) is 8.23. The number of benzene rings is 1. The van der Waals surface area contributed by atoms with E-state index in [1.807, 2.05) is 23.5 Å². The Hall–Kier alpha value is -1.87. The average Bonchev–Trinajstić information content (AvgIpc) is 3.60. The molecule has 1 aromatic carbocycles. The molecule has 2 saturated heterocycles.